The minimum atomic E-state index is -5.56. The Bertz CT molecular complexity index is 1550. The van der Waals surface area contributed by atoms with Crippen LogP contribution in [0.1, 0.15) is 18.0 Å². The van der Waals surface area contributed by atoms with Crippen LogP contribution in [0.3, 0.4) is 0 Å². The first-order valence-corrected chi connectivity index (χ1v) is 15.6. The molecule has 0 aromatic carbocycles. The SMILES string of the molecule is NCc1ccc[n+]([C@@H]2O[C@@H](COP(=O)([O-])OP(=O)(O)OC[C@@H]3O[C@@H](n4cnc5c(N)ncnc54)[C@H](O)[C@H]3O)[C@H](O)[C@H]2O)c1. The van der Waals surface area contributed by atoms with Crippen molar-refractivity contribution in [1.29, 1.82) is 0 Å². The summed E-state index contributed by atoms with van der Waals surface area (Å²) in [4.78, 5) is 34.1. The number of hydrogen-bond donors (Lipinski definition) is 7. The molecule has 10 atom stereocenters. The minimum absolute atomic E-state index is 0.0560. The van der Waals surface area contributed by atoms with Gasteiger partial charge in [-0.25, -0.2) is 23.8 Å². The van der Waals surface area contributed by atoms with Crippen molar-refractivity contribution >= 4 is 32.6 Å². The highest BCUT2D eigenvalue weighted by Crippen LogP contribution is 2.58. The van der Waals surface area contributed by atoms with Crippen LogP contribution in [0.2, 0.25) is 0 Å². The monoisotopic (exact) mass is 649 g/mol. The van der Waals surface area contributed by atoms with E-state index in [2.05, 4.69) is 28.3 Å². The normalized spacial score (nSPS) is 32.2. The fourth-order valence-corrected chi connectivity index (χ4v) is 6.65. The average Bonchev–Trinajstić information content (AvgIpc) is 3.61. The van der Waals surface area contributed by atoms with Gasteiger partial charge in [0, 0.05) is 18.2 Å². The Balaban J connectivity index is 1.15. The molecule has 0 spiro atoms. The van der Waals surface area contributed by atoms with Gasteiger partial charge in [-0.2, -0.15) is 4.57 Å². The third-order valence-electron chi connectivity index (χ3n) is 6.75. The molecule has 22 heteroatoms. The Labute approximate surface area is 242 Å². The molecule has 0 saturated carbocycles. The number of pyridine rings is 1. The third kappa shape index (κ3) is 6.77. The predicted molar refractivity (Wildman–Crippen MR) is 137 cm³/mol. The zero-order valence-electron chi connectivity index (χ0n) is 22.0. The Morgan fingerprint density at radius 2 is 1.72 bits per heavy atom. The Hall–Kier alpha value is -2.52. The van der Waals surface area contributed by atoms with E-state index in [1.165, 1.54) is 21.7 Å². The van der Waals surface area contributed by atoms with Crippen LogP contribution >= 0.6 is 15.6 Å². The lowest BCUT2D eigenvalue weighted by Crippen LogP contribution is -2.46. The van der Waals surface area contributed by atoms with Crippen molar-refractivity contribution in [3.63, 3.8) is 0 Å². The number of aliphatic hydroxyl groups is 4. The number of ether oxygens (including phenoxy) is 2. The molecule has 0 bridgehead atoms. The van der Waals surface area contributed by atoms with Gasteiger partial charge in [-0.05, 0) is 6.07 Å². The summed E-state index contributed by atoms with van der Waals surface area (Å²) < 4.78 is 51.9. The predicted octanol–water partition coefficient (Wildman–Crippen LogP) is -3.29. The maximum Gasteiger partial charge on any atom is 0.478 e. The van der Waals surface area contributed by atoms with Crippen molar-refractivity contribution in [3.05, 3.63) is 42.7 Å². The first-order valence-electron chi connectivity index (χ1n) is 12.6. The van der Waals surface area contributed by atoms with Gasteiger partial charge in [0.15, 0.2) is 36.2 Å². The van der Waals surface area contributed by atoms with Gasteiger partial charge in [-0.15, -0.1) is 0 Å². The summed E-state index contributed by atoms with van der Waals surface area (Å²) in [6, 6.07) is 3.36. The molecular formula is C21H29N7O13P2. The molecule has 5 heterocycles. The fourth-order valence-electron chi connectivity index (χ4n) is 4.59. The molecule has 9 N–H and O–H groups in total. The standard InChI is InChI=1S/C21H29N7O13P2/c22-4-10-2-1-3-27(5-10)20-16(31)14(29)11(39-20)6-37-42(33,34)41-43(35,36)38-7-12-15(30)17(32)21(40-12)28-9-26-13-18(23)24-8-25-19(13)28/h1-3,5,8-9,11-12,14-17,20-21,29-32H,4,6-7,22H2,(H3-,23,24,25,33,34,35,36)/t11-,12-,14-,15-,16+,17+,20+,21+/m0/s1. The highest BCUT2D eigenvalue weighted by atomic mass is 31.3. The molecule has 43 heavy (non-hydrogen) atoms. The van der Waals surface area contributed by atoms with Gasteiger partial charge in [0.25, 0.3) is 14.1 Å². The number of rotatable bonds is 11. The maximum absolute atomic E-state index is 12.4. The van der Waals surface area contributed by atoms with Gasteiger partial charge >= 0.3 is 7.82 Å². The number of aliphatic hydroxyl groups excluding tert-OH is 4. The number of nitrogens with two attached hydrogens (primary N) is 2. The maximum atomic E-state index is 12.4. The lowest BCUT2D eigenvalue weighted by atomic mass is 10.1. The molecule has 3 aromatic rings. The number of fused-ring (bicyclic) bond motifs is 1. The first kappa shape index (κ1) is 31.9. The molecule has 2 aliphatic heterocycles. The molecule has 2 fully saturated rings. The van der Waals surface area contributed by atoms with Crippen LogP contribution in [0.15, 0.2) is 37.2 Å². The van der Waals surface area contributed by atoms with Crippen molar-refractivity contribution < 1.29 is 66.7 Å². The average molecular weight is 649 g/mol. The van der Waals surface area contributed by atoms with Crippen molar-refractivity contribution in [2.24, 2.45) is 5.73 Å². The summed E-state index contributed by atoms with van der Waals surface area (Å²) in [5, 5.41) is 41.6. The van der Waals surface area contributed by atoms with Gasteiger partial charge in [0.05, 0.1) is 19.5 Å². The summed E-state index contributed by atoms with van der Waals surface area (Å²) >= 11 is 0. The molecule has 2 saturated heterocycles. The zero-order chi connectivity index (χ0) is 31.1. The van der Waals surface area contributed by atoms with Crippen LogP contribution < -0.4 is 20.9 Å². The lowest BCUT2D eigenvalue weighted by molar-refractivity contribution is -0.766. The summed E-state index contributed by atoms with van der Waals surface area (Å²) in [6.45, 7) is -1.60. The van der Waals surface area contributed by atoms with Crippen LogP contribution in [0.5, 0.6) is 0 Å². The second-order valence-corrected chi connectivity index (χ2v) is 12.6. The highest BCUT2D eigenvalue weighted by molar-refractivity contribution is 7.60. The van der Waals surface area contributed by atoms with E-state index in [9.17, 15) is 39.3 Å². The van der Waals surface area contributed by atoms with Crippen molar-refractivity contribution in [2.75, 3.05) is 18.9 Å². The summed E-state index contributed by atoms with van der Waals surface area (Å²) in [7, 11) is -11.0. The molecule has 20 nitrogen and oxygen atoms in total. The number of nitrogen functional groups attached to an aromatic ring is 1. The summed E-state index contributed by atoms with van der Waals surface area (Å²) in [5.74, 6) is 0.0560. The minimum Gasteiger partial charge on any atom is -0.756 e. The number of phosphoric acid groups is 2. The van der Waals surface area contributed by atoms with E-state index in [1.54, 1.807) is 18.3 Å². The number of hydrogen-bond acceptors (Lipinski definition) is 17. The highest BCUT2D eigenvalue weighted by Gasteiger charge is 2.49. The van der Waals surface area contributed by atoms with Gasteiger partial charge in [-0.3, -0.25) is 13.7 Å². The molecule has 0 aliphatic carbocycles. The third-order valence-corrected chi connectivity index (χ3v) is 9.32. The molecule has 0 radical (unpaired) electrons. The molecule has 2 aliphatic rings. The number of phosphoric ester groups is 2. The van der Waals surface area contributed by atoms with E-state index in [0.29, 0.717) is 5.56 Å². The number of nitrogens with zero attached hydrogens (tertiary/aromatic N) is 5. The van der Waals surface area contributed by atoms with E-state index >= 15 is 0 Å². The topological polar surface area (TPSA) is 304 Å². The van der Waals surface area contributed by atoms with Crippen molar-refractivity contribution in [2.45, 2.75) is 55.6 Å². The summed E-state index contributed by atoms with van der Waals surface area (Å²) in [6.07, 6.45) is -6.01. The second kappa shape index (κ2) is 12.5. The van der Waals surface area contributed by atoms with Crippen molar-refractivity contribution in [3.8, 4) is 0 Å². The quantitative estimate of drug-likeness (QED) is 0.0790. The van der Waals surface area contributed by atoms with E-state index in [1.807, 2.05) is 0 Å². The first-order chi connectivity index (χ1) is 20.3. The van der Waals surface area contributed by atoms with Crippen LogP contribution in [-0.4, -0.2) is 94.7 Å². The molecule has 3 aromatic heterocycles. The van der Waals surface area contributed by atoms with Crippen LogP contribution in [0.25, 0.3) is 11.2 Å². The van der Waals surface area contributed by atoms with E-state index in [-0.39, 0.29) is 23.5 Å². The van der Waals surface area contributed by atoms with Crippen LogP contribution in [0.4, 0.5) is 5.82 Å². The van der Waals surface area contributed by atoms with Gasteiger partial charge in [0.2, 0.25) is 0 Å². The number of anilines is 1. The lowest BCUT2D eigenvalue weighted by Gasteiger charge is -2.26. The second-order valence-electron chi connectivity index (χ2n) is 9.63. The van der Waals surface area contributed by atoms with E-state index in [0.717, 1.165) is 6.33 Å². The van der Waals surface area contributed by atoms with Crippen LogP contribution in [0, 0.1) is 0 Å². The van der Waals surface area contributed by atoms with Gasteiger partial charge < -0.3 is 55.7 Å². The Morgan fingerprint density at radius 3 is 2.47 bits per heavy atom. The molecule has 0 amide bonds. The van der Waals surface area contributed by atoms with E-state index < -0.39 is 77.9 Å². The van der Waals surface area contributed by atoms with Gasteiger partial charge in [-0.1, -0.05) is 0 Å². The smallest absolute Gasteiger partial charge is 0.478 e. The molecule has 5 rings (SSSR count). The van der Waals surface area contributed by atoms with Crippen molar-refractivity contribution in [1.82, 2.24) is 19.5 Å². The molecule has 236 valence electrons. The Morgan fingerprint density at radius 1 is 1.02 bits per heavy atom. The zero-order valence-corrected chi connectivity index (χ0v) is 23.8. The van der Waals surface area contributed by atoms with E-state index in [4.69, 9.17) is 20.9 Å². The molecule has 2 unspecified atom stereocenters. The Kier molecular flexibility index (Phi) is 9.25. The summed E-state index contributed by atoms with van der Waals surface area (Å²) in [5.41, 5.74) is 12.4. The fraction of sp³-hybridized carbons (Fsp3) is 0.524. The van der Waals surface area contributed by atoms with Crippen LogP contribution in [-0.2, 0) is 38.5 Å². The largest absolute Gasteiger partial charge is 0.756 e. The molecular weight excluding hydrogens is 620 g/mol. The van der Waals surface area contributed by atoms with Gasteiger partial charge in [0.1, 0.15) is 42.4 Å². The number of imidazole rings is 1. The number of aromatic nitrogens is 5.